The topological polar surface area (TPSA) is 78.4 Å². The molecule has 0 heterocycles. The van der Waals surface area contributed by atoms with Crippen LogP contribution in [-0.4, -0.2) is 28.7 Å². The summed E-state index contributed by atoms with van der Waals surface area (Å²) in [5, 5.41) is 14.8. The lowest BCUT2D eigenvalue weighted by molar-refractivity contribution is -0.144. The van der Waals surface area contributed by atoms with E-state index in [1.165, 1.54) is 0 Å². The SMILES string of the molecule is CCCC(C)(NC(=O)NC1CCC(C)CC1C)C(=O)O. The number of carboxylic acids is 1. The maximum Gasteiger partial charge on any atom is 0.329 e. The number of amides is 2. The minimum Gasteiger partial charge on any atom is -0.480 e. The molecule has 0 radical (unpaired) electrons. The molecule has 1 aliphatic carbocycles. The molecule has 4 atom stereocenters. The first-order valence-electron chi connectivity index (χ1n) is 7.60. The minimum absolute atomic E-state index is 0.144. The summed E-state index contributed by atoms with van der Waals surface area (Å²) in [6, 6.07) is -0.222. The van der Waals surface area contributed by atoms with E-state index in [9.17, 15) is 14.7 Å². The number of urea groups is 1. The van der Waals surface area contributed by atoms with Gasteiger partial charge < -0.3 is 15.7 Å². The number of carbonyl (C=O) groups excluding carboxylic acids is 1. The van der Waals surface area contributed by atoms with E-state index in [0.717, 1.165) is 19.3 Å². The molecule has 5 nitrogen and oxygen atoms in total. The summed E-state index contributed by atoms with van der Waals surface area (Å²) in [7, 11) is 0. The highest BCUT2D eigenvalue weighted by molar-refractivity contribution is 5.85. The molecule has 1 fully saturated rings. The van der Waals surface area contributed by atoms with Crippen molar-refractivity contribution in [1.29, 1.82) is 0 Å². The second-order valence-corrected chi connectivity index (χ2v) is 6.49. The summed E-state index contributed by atoms with van der Waals surface area (Å²) in [4.78, 5) is 23.4. The van der Waals surface area contributed by atoms with Gasteiger partial charge >= 0.3 is 12.0 Å². The van der Waals surface area contributed by atoms with E-state index < -0.39 is 11.5 Å². The lowest BCUT2D eigenvalue weighted by Gasteiger charge is -2.34. The number of nitrogens with one attached hydrogen (secondary N) is 2. The van der Waals surface area contributed by atoms with E-state index in [0.29, 0.717) is 24.7 Å². The third-order valence-electron chi connectivity index (χ3n) is 4.36. The zero-order valence-electron chi connectivity index (χ0n) is 13.0. The number of carboxylic acid groups (broad SMARTS) is 1. The Bertz CT molecular complexity index is 359. The Morgan fingerprint density at radius 3 is 2.45 bits per heavy atom. The summed E-state index contributed by atoms with van der Waals surface area (Å²) in [6.45, 7) is 7.84. The van der Waals surface area contributed by atoms with Crippen LogP contribution in [0.5, 0.6) is 0 Å². The molecule has 1 aliphatic rings. The first kappa shape index (κ1) is 16.8. The molecule has 3 N–H and O–H groups in total. The third kappa shape index (κ3) is 4.39. The van der Waals surface area contributed by atoms with E-state index >= 15 is 0 Å². The molecule has 0 spiro atoms. The quantitative estimate of drug-likeness (QED) is 0.726. The molecule has 0 aromatic rings. The van der Waals surface area contributed by atoms with Crippen molar-refractivity contribution in [2.75, 3.05) is 0 Å². The monoisotopic (exact) mass is 284 g/mol. The normalized spacial score (nSPS) is 29.3. The Morgan fingerprint density at radius 1 is 1.30 bits per heavy atom. The summed E-state index contributed by atoms with van der Waals surface area (Å²) >= 11 is 0. The smallest absolute Gasteiger partial charge is 0.329 e. The maximum atomic E-state index is 12.0. The van der Waals surface area contributed by atoms with Gasteiger partial charge in [0.05, 0.1) is 0 Å². The molecule has 0 aliphatic heterocycles. The van der Waals surface area contributed by atoms with E-state index in [1.807, 2.05) is 6.92 Å². The van der Waals surface area contributed by atoms with Crippen molar-refractivity contribution in [3.05, 3.63) is 0 Å². The second-order valence-electron chi connectivity index (χ2n) is 6.49. The number of hydrogen-bond donors (Lipinski definition) is 3. The predicted molar refractivity (Wildman–Crippen MR) is 78.6 cm³/mol. The zero-order chi connectivity index (χ0) is 15.3. The van der Waals surface area contributed by atoms with Crippen molar-refractivity contribution >= 4 is 12.0 Å². The van der Waals surface area contributed by atoms with Gasteiger partial charge in [-0.15, -0.1) is 0 Å². The highest BCUT2D eigenvalue weighted by atomic mass is 16.4. The molecular formula is C15H28N2O3. The van der Waals surface area contributed by atoms with Crippen LogP contribution in [0.1, 0.15) is 59.8 Å². The van der Waals surface area contributed by atoms with Gasteiger partial charge in [-0.2, -0.15) is 0 Å². The van der Waals surface area contributed by atoms with E-state index in [2.05, 4.69) is 24.5 Å². The molecule has 1 saturated carbocycles. The van der Waals surface area contributed by atoms with Crippen molar-refractivity contribution in [1.82, 2.24) is 10.6 Å². The van der Waals surface area contributed by atoms with Crippen LogP contribution in [0.4, 0.5) is 4.79 Å². The average Bonchev–Trinajstić information content (AvgIpc) is 2.32. The van der Waals surface area contributed by atoms with E-state index in [-0.39, 0.29) is 12.1 Å². The van der Waals surface area contributed by atoms with Gasteiger partial charge in [-0.05, 0) is 44.4 Å². The van der Waals surface area contributed by atoms with Gasteiger partial charge in [0.2, 0.25) is 0 Å². The molecular weight excluding hydrogens is 256 g/mol. The molecule has 116 valence electrons. The highest BCUT2D eigenvalue weighted by Gasteiger charge is 2.35. The number of carbonyl (C=O) groups is 2. The molecule has 2 amide bonds. The number of aliphatic carboxylic acids is 1. The van der Waals surface area contributed by atoms with Crippen LogP contribution < -0.4 is 10.6 Å². The fourth-order valence-electron chi connectivity index (χ4n) is 3.06. The molecule has 1 rings (SSSR count). The van der Waals surface area contributed by atoms with E-state index in [4.69, 9.17) is 0 Å². The van der Waals surface area contributed by atoms with Crippen molar-refractivity contribution in [2.45, 2.75) is 71.4 Å². The first-order valence-corrected chi connectivity index (χ1v) is 7.60. The number of rotatable bonds is 5. The van der Waals surface area contributed by atoms with Gasteiger partial charge in [0.25, 0.3) is 0 Å². The van der Waals surface area contributed by atoms with Gasteiger partial charge in [0.1, 0.15) is 5.54 Å². The van der Waals surface area contributed by atoms with Gasteiger partial charge in [0, 0.05) is 6.04 Å². The minimum atomic E-state index is -1.19. The zero-order valence-corrected chi connectivity index (χ0v) is 13.0. The Morgan fingerprint density at radius 2 is 1.95 bits per heavy atom. The van der Waals surface area contributed by atoms with Crippen LogP contribution >= 0.6 is 0 Å². The molecule has 0 bridgehead atoms. The molecule has 20 heavy (non-hydrogen) atoms. The van der Waals surface area contributed by atoms with E-state index in [1.54, 1.807) is 6.92 Å². The molecule has 0 aromatic carbocycles. The molecule has 0 aromatic heterocycles. The number of hydrogen-bond acceptors (Lipinski definition) is 2. The average molecular weight is 284 g/mol. The van der Waals surface area contributed by atoms with Crippen LogP contribution in [0.25, 0.3) is 0 Å². The van der Waals surface area contributed by atoms with Gasteiger partial charge in [0.15, 0.2) is 0 Å². The largest absolute Gasteiger partial charge is 0.480 e. The summed E-state index contributed by atoms with van der Waals surface area (Å²) in [5.41, 5.74) is -1.19. The summed E-state index contributed by atoms with van der Waals surface area (Å²) < 4.78 is 0. The fraction of sp³-hybridized carbons (Fsp3) is 0.867. The molecule has 0 saturated heterocycles. The first-order chi connectivity index (χ1) is 9.28. The van der Waals surface area contributed by atoms with Gasteiger partial charge in [-0.1, -0.05) is 27.2 Å². The van der Waals surface area contributed by atoms with Crippen LogP contribution in [0.2, 0.25) is 0 Å². The summed E-state index contributed by atoms with van der Waals surface area (Å²) in [5.74, 6) is 0.155. The van der Waals surface area contributed by atoms with Gasteiger partial charge in [-0.3, -0.25) is 0 Å². The Balaban J connectivity index is 2.56. The van der Waals surface area contributed by atoms with Crippen molar-refractivity contribution in [2.24, 2.45) is 11.8 Å². The molecule has 5 heteroatoms. The van der Waals surface area contributed by atoms with Gasteiger partial charge in [-0.25, -0.2) is 9.59 Å². The van der Waals surface area contributed by atoms with Crippen LogP contribution in [0.15, 0.2) is 0 Å². The Labute approximate surface area is 121 Å². The van der Waals surface area contributed by atoms with Crippen molar-refractivity contribution in [3.63, 3.8) is 0 Å². The molecule has 4 unspecified atom stereocenters. The van der Waals surface area contributed by atoms with Crippen LogP contribution in [-0.2, 0) is 4.79 Å². The fourth-order valence-corrected chi connectivity index (χ4v) is 3.06. The lowest BCUT2D eigenvalue weighted by Crippen LogP contribution is -2.57. The van der Waals surface area contributed by atoms with Crippen molar-refractivity contribution < 1.29 is 14.7 Å². The highest BCUT2D eigenvalue weighted by Crippen LogP contribution is 2.28. The van der Waals surface area contributed by atoms with Crippen molar-refractivity contribution in [3.8, 4) is 0 Å². The lowest BCUT2D eigenvalue weighted by atomic mass is 9.80. The second kappa shape index (κ2) is 6.95. The third-order valence-corrected chi connectivity index (χ3v) is 4.36. The van der Waals surface area contributed by atoms with Crippen LogP contribution in [0, 0.1) is 11.8 Å². The standard InChI is InChI=1S/C15H28N2O3/c1-5-8-15(4,13(18)19)17-14(20)16-12-7-6-10(2)9-11(12)3/h10-12H,5-9H2,1-4H3,(H,18,19)(H2,16,17,20). The maximum absolute atomic E-state index is 12.0. The summed E-state index contributed by atoms with van der Waals surface area (Å²) in [6.07, 6.45) is 4.32. The predicted octanol–water partition coefficient (Wildman–Crippen LogP) is 2.75. The Hall–Kier alpha value is -1.26. The van der Waals surface area contributed by atoms with Crippen LogP contribution in [0.3, 0.4) is 0 Å². The Kier molecular flexibility index (Phi) is 5.84.